The van der Waals surface area contributed by atoms with E-state index in [1.807, 2.05) is 12.1 Å². The maximum Gasteiger partial charge on any atom is 0.126 e. The normalized spacial score (nSPS) is 12.9. The summed E-state index contributed by atoms with van der Waals surface area (Å²) in [5.41, 5.74) is 0. The number of halogens is 2. The fourth-order valence-electron chi connectivity index (χ4n) is 1.03. The number of nitrogens with one attached hydrogen (secondary N) is 1. The second-order valence-corrected chi connectivity index (χ2v) is 4.26. The van der Waals surface area contributed by atoms with E-state index in [9.17, 15) is 0 Å². The summed E-state index contributed by atoms with van der Waals surface area (Å²) in [6.45, 7) is 4.24. The summed E-state index contributed by atoms with van der Waals surface area (Å²) < 4.78 is 0. The van der Waals surface area contributed by atoms with Crippen molar-refractivity contribution in [3.8, 4) is 0 Å². The molecule has 0 amide bonds. The monoisotopic (exact) mass is 232 g/mol. The zero-order chi connectivity index (χ0) is 10.6. The molecule has 2 nitrogen and oxygen atoms in total. The molecule has 1 rings (SSSR count). The van der Waals surface area contributed by atoms with Crippen molar-refractivity contribution in [2.45, 2.75) is 19.9 Å². The van der Waals surface area contributed by atoms with Gasteiger partial charge in [-0.15, -0.1) is 11.6 Å². The molecule has 4 heteroatoms. The SMILES string of the molecule is CC(C)C(CCl)Nc1ccc(Cl)cn1. The number of hydrogen-bond donors (Lipinski definition) is 1. The topological polar surface area (TPSA) is 24.9 Å². The highest BCUT2D eigenvalue weighted by molar-refractivity contribution is 6.30. The lowest BCUT2D eigenvalue weighted by Crippen LogP contribution is -2.27. The van der Waals surface area contributed by atoms with Gasteiger partial charge in [-0.2, -0.15) is 0 Å². The van der Waals surface area contributed by atoms with Crippen molar-refractivity contribution in [3.05, 3.63) is 23.4 Å². The van der Waals surface area contributed by atoms with Crippen molar-refractivity contribution in [2.24, 2.45) is 5.92 Å². The number of nitrogens with zero attached hydrogens (tertiary/aromatic N) is 1. The van der Waals surface area contributed by atoms with E-state index in [0.717, 1.165) is 5.82 Å². The summed E-state index contributed by atoms with van der Waals surface area (Å²) in [7, 11) is 0. The number of rotatable bonds is 4. The molecule has 78 valence electrons. The summed E-state index contributed by atoms with van der Waals surface area (Å²) >= 11 is 11.6. The van der Waals surface area contributed by atoms with Crippen LogP contribution < -0.4 is 5.32 Å². The van der Waals surface area contributed by atoms with Crippen LogP contribution in [0.1, 0.15) is 13.8 Å². The molecule has 1 aromatic heterocycles. The molecule has 0 aliphatic heterocycles. The summed E-state index contributed by atoms with van der Waals surface area (Å²) in [4.78, 5) is 4.15. The predicted molar refractivity (Wildman–Crippen MR) is 62.2 cm³/mol. The van der Waals surface area contributed by atoms with E-state index < -0.39 is 0 Å². The zero-order valence-corrected chi connectivity index (χ0v) is 9.81. The number of anilines is 1. The molecule has 0 spiro atoms. The molecule has 1 atom stereocenters. The van der Waals surface area contributed by atoms with E-state index in [2.05, 4.69) is 24.1 Å². The highest BCUT2D eigenvalue weighted by Gasteiger charge is 2.11. The number of hydrogen-bond acceptors (Lipinski definition) is 2. The Morgan fingerprint density at radius 2 is 2.14 bits per heavy atom. The first-order valence-electron chi connectivity index (χ1n) is 4.57. The summed E-state index contributed by atoms with van der Waals surface area (Å²) in [5.74, 6) is 1.86. The zero-order valence-electron chi connectivity index (χ0n) is 8.30. The van der Waals surface area contributed by atoms with Gasteiger partial charge in [0, 0.05) is 18.1 Å². The Balaban J connectivity index is 2.63. The minimum Gasteiger partial charge on any atom is -0.366 e. The standard InChI is InChI=1S/C10H14Cl2N2/c1-7(2)9(5-11)14-10-4-3-8(12)6-13-10/h3-4,6-7,9H,5H2,1-2H3,(H,13,14). The average molecular weight is 233 g/mol. The number of pyridine rings is 1. The Bertz CT molecular complexity index is 272. The van der Waals surface area contributed by atoms with Crippen LogP contribution in [0, 0.1) is 5.92 Å². The first kappa shape index (κ1) is 11.6. The van der Waals surface area contributed by atoms with Crippen molar-refractivity contribution in [1.29, 1.82) is 0 Å². The van der Waals surface area contributed by atoms with E-state index in [1.54, 1.807) is 6.20 Å². The minimum atomic E-state index is 0.241. The van der Waals surface area contributed by atoms with Gasteiger partial charge in [0.25, 0.3) is 0 Å². The average Bonchev–Trinajstić information content (AvgIpc) is 2.16. The van der Waals surface area contributed by atoms with Crippen LogP contribution in [-0.4, -0.2) is 16.9 Å². The molecule has 1 aromatic rings. The Labute approximate surface area is 94.6 Å². The third-order valence-corrected chi connectivity index (χ3v) is 2.59. The third-order valence-electron chi connectivity index (χ3n) is 2.03. The molecule has 0 aliphatic rings. The molecule has 1 unspecified atom stereocenters. The Kier molecular flexibility index (Phi) is 4.49. The minimum absolute atomic E-state index is 0.241. The Morgan fingerprint density at radius 1 is 1.43 bits per heavy atom. The molecule has 0 bridgehead atoms. The van der Waals surface area contributed by atoms with Gasteiger partial charge >= 0.3 is 0 Å². The van der Waals surface area contributed by atoms with Crippen molar-refractivity contribution in [2.75, 3.05) is 11.2 Å². The van der Waals surface area contributed by atoms with Gasteiger partial charge in [0.15, 0.2) is 0 Å². The molecule has 0 saturated carbocycles. The molecule has 0 aliphatic carbocycles. The van der Waals surface area contributed by atoms with Gasteiger partial charge in [-0.3, -0.25) is 0 Å². The fourth-order valence-corrected chi connectivity index (χ4v) is 1.58. The second-order valence-electron chi connectivity index (χ2n) is 3.51. The van der Waals surface area contributed by atoms with Crippen LogP contribution in [0.25, 0.3) is 0 Å². The maximum atomic E-state index is 5.83. The summed E-state index contributed by atoms with van der Waals surface area (Å²) in [5, 5.41) is 3.89. The van der Waals surface area contributed by atoms with Gasteiger partial charge in [0.1, 0.15) is 5.82 Å². The third kappa shape index (κ3) is 3.35. The largest absolute Gasteiger partial charge is 0.366 e. The van der Waals surface area contributed by atoms with Crippen LogP contribution in [0.5, 0.6) is 0 Å². The second kappa shape index (κ2) is 5.42. The highest BCUT2D eigenvalue weighted by atomic mass is 35.5. The van der Waals surface area contributed by atoms with E-state index in [-0.39, 0.29) is 6.04 Å². The lowest BCUT2D eigenvalue weighted by atomic mass is 10.1. The van der Waals surface area contributed by atoms with Gasteiger partial charge in [0.2, 0.25) is 0 Å². The fraction of sp³-hybridized carbons (Fsp3) is 0.500. The molecular weight excluding hydrogens is 219 g/mol. The van der Waals surface area contributed by atoms with E-state index >= 15 is 0 Å². The van der Waals surface area contributed by atoms with Crippen LogP contribution in [0.4, 0.5) is 5.82 Å². The van der Waals surface area contributed by atoms with Gasteiger partial charge in [0.05, 0.1) is 5.02 Å². The Hall–Kier alpha value is -0.470. The molecular formula is C10H14Cl2N2. The van der Waals surface area contributed by atoms with Crippen LogP contribution in [0.3, 0.4) is 0 Å². The van der Waals surface area contributed by atoms with Crippen molar-refractivity contribution in [1.82, 2.24) is 4.98 Å². The lowest BCUT2D eigenvalue weighted by Gasteiger charge is -2.20. The quantitative estimate of drug-likeness (QED) is 0.806. The first-order chi connectivity index (χ1) is 6.63. The molecule has 0 radical (unpaired) electrons. The predicted octanol–water partition coefficient (Wildman–Crippen LogP) is 3.41. The van der Waals surface area contributed by atoms with Crippen molar-refractivity contribution < 1.29 is 0 Å². The van der Waals surface area contributed by atoms with Crippen LogP contribution in [-0.2, 0) is 0 Å². The van der Waals surface area contributed by atoms with E-state index in [1.165, 1.54) is 0 Å². The number of aromatic nitrogens is 1. The van der Waals surface area contributed by atoms with Crippen LogP contribution in [0.15, 0.2) is 18.3 Å². The molecule has 0 aromatic carbocycles. The van der Waals surface area contributed by atoms with Gasteiger partial charge in [-0.05, 0) is 18.1 Å². The van der Waals surface area contributed by atoms with Crippen LogP contribution in [0.2, 0.25) is 5.02 Å². The maximum absolute atomic E-state index is 5.83. The smallest absolute Gasteiger partial charge is 0.126 e. The van der Waals surface area contributed by atoms with Gasteiger partial charge in [-0.1, -0.05) is 25.4 Å². The highest BCUT2D eigenvalue weighted by Crippen LogP contribution is 2.14. The van der Waals surface area contributed by atoms with Crippen molar-refractivity contribution >= 4 is 29.0 Å². The summed E-state index contributed by atoms with van der Waals surface area (Å²) in [6.07, 6.45) is 1.62. The molecule has 14 heavy (non-hydrogen) atoms. The van der Waals surface area contributed by atoms with Crippen molar-refractivity contribution in [3.63, 3.8) is 0 Å². The molecule has 1 N–H and O–H groups in total. The van der Waals surface area contributed by atoms with E-state index in [4.69, 9.17) is 23.2 Å². The van der Waals surface area contributed by atoms with E-state index in [0.29, 0.717) is 16.8 Å². The number of alkyl halides is 1. The Morgan fingerprint density at radius 3 is 2.57 bits per heavy atom. The van der Waals surface area contributed by atoms with Crippen LogP contribution >= 0.6 is 23.2 Å². The summed E-state index contributed by atoms with van der Waals surface area (Å²) in [6, 6.07) is 3.90. The first-order valence-corrected chi connectivity index (χ1v) is 5.48. The van der Waals surface area contributed by atoms with Gasteiger partial charge in [-0.25, -0.2) is 4.98 Å². The molecule has 0 saturated heterocycles. The molecule has 1 heterocycles. The van der Waals surface area contributed by atoms with Gasteiger partial charge < -0.3 is 5.32 Å². The lowest BCUT2D eigenvalue weighted by molar-refractivity contribution is 0.562. The molecule has 0 fully saturated rings.